The minimum Gasteiger partial charge on any atom is -0.492 e. The first-order valence-electron chi connectivity index (χ1n) is 8.45. The Morgan fingerprint density at radius 3 is 2.52 bits per heavy atom. The topological polar surface area (TPSA) is 50.4 Å². The number of benzene rings is 3. The molecule has 0 aliphatic rings. The summed E-state index contributed by atoms with van der Waals surface area (Å²) in [5.74, 6) is 0.650. The predicted molar refractivity (Wildman–Crippen MR) is 103 cm³/mol. The molecule has 0 bridgehead atoms. The van der Waals surface area contributed by atoms with Crippen LogP contribution in [0.15, 0.2) is 66.7 Å². The van der Waals surface area contributed by atoms with Crippen LogP contribution < -0.4 is 15.4 Å². The van der Waals surface area contributed by atoms with Crippen LogP contribution in [0.4, 0.5) is 11.4 Å². The van der Waals surface area contributed by atoms with Gasteiger partial charge in [0.25, 0.3) is 0 Å². The highest BCUT2D eigenvalue weighted by atomic mass is 16.5. The predicted octanol–water partition coefficient (Wildman–Crippen LogP) is 4.68. The highest BCUT2D eigenvalue weighted by Crippen LogP contribution is 2.25. The van der Waals surface area contributed by atoms with Crippen molar-refractivity contribution in [2.24, 2.45) is 0 Å². The van der Waals surface area contributed by atoms with Crippen molar-refractivity contribution >= 4 is 28.1 Å². The number of nitrogens with one attached hydrogen (secondary N) is 2. The number of carbonyl (C=O) groups is 1. The Balaban J connectivity index is 1.69. The molecular weight excluding hydrogens is 312 g/mol. The molecule has 0 unspecified atom stereocenters. The fourth-order valence-corrected chi connectivity index (χ4v) is 2.68. The molecule has 4 heteroatoms. The second-order valence-electron chi connectivity index (χ2n) is 5.85. The summed E-state index contributed by atoms with van der Waals surface area (Å²) < 4.78 is 5.59. The third kappa shape index (κ3) is 4.10. The summed E-state index contributed by atoms with van der Waals surface area (Å²) in [7, 11) is 0. The van der Waals surface area contributed by atoms with Crippen LogP contribution in [0.2, 0.25) is 0 Å². The number of fused-ring (bicyclic) bond motifs is 1. The quantitative estimate of drug-likeness (QED) is 0.688. The molecule has 4 nitrogen and oxygen atoms in total. The van der Waals surface area contributed by atoms with Crippen LogP contribution in [-0.2, 0) is 4.79 Å². The highest BCUT2D eigenvalue weighted by Gasteiger charge is 2.15. The number of para-hydroxylation sites is 2. The molecule has 1 atom stereocenters. The number of ether oxygens (including phenoxy) is 1. The number of hydrogen-bond donors (Lipinski definition) is 2. The van der Waals surface area contributed by atoms with E-state index in [-0.39, 0.29) is 5.91 Å². The average molecular weight is 334 g/mol. The van der Waals surface area contributed by atoms with Crippen LogP contribution in [0, 0.1) is 0 Å². The zero-order valence-corrected chi connectivity index (χ0v) is 14.5. The summed E-state index contributed by atoms with van der Waals surface area (Å²) in [5, 5.41) is 8.43. The van der Waals surface area contributed by atoms with Crippen molar-refractivity contribution in [3.8, 4) is 5.75 Å². The maximum Gasteiger partial charge on any atom is 0.246 e. The van der Waals surface area contributed by atoms with Gasteiger partial charge in [0.05, 0.1) is 12.3 Å². The summed E-state index contributed by atoms with van der Waals surface area (Å²) in [5.41, 5.74) is 1.60. The van der Waals surface area contributed by atoms with E-state index in [0.29, 0.717) is 6.61 Å². The minimum absolute atomic E-state index is 0.0958. The Hall–Kier alpha value is -3.01. The molecule has 0 fully saturated rings. The van der Waals surface area contributed by atoms with Crippen LogP contribution in [-0.4, -0.2) is 18.6 Å². The fourth-order valence-electron chi connectivity index (χ4n) is 2.68. The molecule has 1 amide bonds. The van der Waals surface area contributed by atoms with Crippen molar-refractivity contribution in [2.75, 3.05) is 17.2 Å². The third-order valence-electron chi connectivity index (χ3n) is 3.97. The van der Waals surface area contributed by atoms with Gasteiger partial charge in [-0.05, 0) is 48.9 Å². The first-order valence-corrected chi connectivity index (χ1v) is 8.45. The molecule has 0 radical (unpaired) electrons. The number of amides is 1. The van der Waals surface area contributed by atoms with Crippen molar-refractivity contribution in [2.45, 2.75) is 19.9 Å². The van der Waals surface area contributed by atoms with Gasteiger partial charge >= 0.3 is 0 Å². The number of hydrogen-bond acceptors (Lipinski definition) is 3. The van der Waals surface area contributed by atoms with E-state index in [9.17, 15) is 4.79 Å². The molecule has 2 N–H and O–H groups in total. The molecule has 0 spiro atoms. The van der Waals surface area contributed by atoms with Crippen LogP contribution in [0.5, 0.6) is 5.75 Å². The van der Waals surface area contributed by atoms with Crippen molar-refractivity contribution in [3.05, 3.63) is 66.7 Å². The molecule has 0 saturated carbocycles. The number of carbonyl (C=O) groups excluding carboxylic acids is 1. The standard InChI is InChI=1S/C21H22N2O2/c1-3-25-20-11-7-6-10-19(20)22-15(2)21(24)23-18-13-12-16-8-4-5-9-17(16)14-18/h4-15,22H,3H2,1-2H3,(H,23,24)/t15-/m1/s1. The Labute approximate surface area is 147 Å². The van der Waals surface area contributed by atoms with Gasteiger partial charge in [-0.25, -0.2) is 0 Å². The number of rotatable bonds is 6. The van der Waals surface area contributed by atoms with E-state index in [2.05, 4.69) is 16.7 Å². The summed E-state index contributed by atoms with van der Waals surface area (Å²) in [6, 6.07) is 21.2. The number of anilines is 2. The van der Waals surface area contributed by atoms with Gasteiger partial charge in [-0.2, -0.15) is 0 Å². The zero-order chi connectivity index (χ0) is 17.6. The van der Waals surface area contributed by atoms with Crippen LogP contribution in [0.1, 0.15) is 13.8 Å². The van der Waals surface area contributed by atoms with Gasteiger partial charge in [-0.3, -0.25) is 4.79 Å². The third-order valence-corrected chi connectivity index (χ3v) is 3.97. The van der Waals surface area contributed by atoms with Crippen LogP contribution in [0.25, 0.3) is 10.8 Å². The SMILES string of the molecule is CCOc1ccccc1N[C@H](C)C(=O)Nc1ccc2ccccc2c1. The van der Waals surface area contributed by atoms with E-state index in [1.54, 1.807) is 0 Å². The Bertz CT molecular complexity index is 876. The van der Waals surface area contributed by atoms with E-state index in [4.69, 9.17) is 4.74 Å². The summed E-state index contributed by atoms with van der Waals surface area (Å²) in [6.45, 7) is 4.35. The lowest BCUT2D eigenvalue weighted by molar-refractivity contribution is -0.116. The molecule has 0 aliphatic heterocycles. The molecule has 0 heterocycles. The van der Waals surface area contributed by atoms with Gasteiger partial charge in [-0.15, -0.1) is 0 Å². The largest absolute Gasteiger partial charge is 0.492 e. The van der Waals surface area contributed by atoms with Crippen molar-refractivity contribution < 1.29 is 9.53 Å². The van der Waals surface area contributed by atoms with Crippen LogP contribution >= 0.6 is 0 Å². The lowest BCUT2D eigenvalue weighted by atomic mass is 10.1. The van der Waals surface area contributed by atoms with Gasteiger partial charge < -0.3 is 15.4 Å². The second-order valence-corrected chi connectivity index (χ2v) is 5.85. The lowest BCUT2D eigenvalue weighted by Crippen LogP contribution is -2.32. The monoisotopic (exact) mass is 334 g/mol. The first kappa shape index (κ1) is 16.8. The molecule has 25 heavy (non-hydrogen) atoms. The zero-order valence-electron chi connectivity index (χ0n) is 14.5. The fraction of sp³-hybridized carbons (Fsp3) is 0.190. The summed E-state index contributed by atoms with van der Waals surface area (Å²) in [6.07, 6.45) is 0. The van der Waals surface area contributed by atoms with Gasteiger partial charge in [0.2, 0.25) is 5.91 Å². The summed E-state index contributed by atoms with van der Waals surface area (Å²) >= 11 is 0. The van der Waals surface area contributed by atoms with E-state index < -0.39 is 6.04 Å². The lowest BCUT2D eigenvalue weighted by Gasteiger charge is -2.18. The Kier molecular flexibility index (Phi) is 5.19. The average Bonchev–Trinajstić information content (AvgIpc) is 2.63. The maximum atomic E-state index is 12.5. The molecule has 128 valence electrons. The molecule has 0 aromatic heterocycles. The molecule has 3 aromatic carbocycles. The molecular formula is C21H22N2O2. The van der Waals surface area contributed by atoms with Gasteiger partial charge in [-0.1, -0.05) is 42.5 Å². The minimum atomic E-state index is -0.395. The van der Waals surface area contributed by atoms with Crippen molar-refractivity contribution in [1.29, 1.82) is 0 Å². The second kappa shape index (κ2) is 7.71. The van der Waals surface area contributed by atoms with Crippen LogP contribution in [0.3, 0.4) is 0 Å². The van der Waals surface area contributed by atoms with E-state index >= 15 is 0 Å². The maximum absolute atomic E-state index is 12.5. The smallest absolute Gasteiger partial charge is 0.246 e. The molecule has 0 aliphatic carbocycles. The van der Waals surface area contributed by atoms with Gasteiger partial charge in [0.15, 0.2) is 0 Å². The molecule has 0 saturated heterocycles. The van der Waals surface area contributed by atoms with Crippen molar-refractivity contribution in [1.82, 2.24) is 0 Å². The van der Waals surface area contributed by atoms with E-state index in [0.717, 1.165) is 27.9 Å². The molecule has 3 rings (SSSR count). The van der Waals surface area contributed by atoms with E-state index in [1.165, 1.54) is 0 Å². The normalized spacial score (nSPS) is 11.8. The Morgan fingerprint density at radius 2 is 1.72 bits per heavy atom. The van der Waals surface area contributed by atoms with Gasteiger partial charge in [0.1, 0.15) is 11.8 Å². The molecule has 3 aromatic rings. The summed E-state index contributed by atoms with van der Waals surface area (Å²) in [4.78, 5) is 12.5. The first-order chi connectivity index (χ1) is 12.2. The van der Waals surface area contributed by atoms with Crippen molar-refractivity contribution in [3.63, 3.8) is 0 Å². The Morgan fingerprint density at radius 1 is 1.00 bits per heavy atom. The van der Waals surface area contributed by atoms with Gasteiger partial charge in [0, 0.05) is 5.69 Å². The highest BCUT2D eigenvalue weighted by molar-refractivity contribution is 5.98. The van der Waals surface area contributed by atoms with E-state index in [1.807, 2.05) is 74.5 Å².